The minimum absolute atomic E-state index is 0.102. The predicted molar refractivity (Wildman–Crippen MR) is 131 cm³/mol. The molecule has 0 radical (unpaired) electrons. The number of amides is 1. The Labute approximate surface area is 190 Å². The maximum atomic E-state index is 12.1. The van der Waals surface area contributed by atoms with E-state index in [0.29, 0.717) is 5.75 Å². The molecule has 0 aliphatic heterocycles. The highest BCUT2D eigenvalue weighted by molar-refractivity contribution is 9.10. The van der Waals surface area contributed by atoms with Crippen LogP contribution < -0.4 is 5.43 Å². The number of carbonyl (C=O) groups is 1. The number of hydrazone groups is 1. The molecule has 3 aromatic rings. The number of rotatable bonds is 7. The first-order valence-electron chi connectivity index (χ1n) is 9.75. The van der Waals surface area contributed by atoms with Crippen molar-refractivity contribution < 1.29 is 4.79 Å². The van der Waals surface area contributed by atoms with E-state index in [-0.39, 0.29) is 5.91 Å². The summed E-state index contributed by atoms with van der Waals surface area (Å²) in [6, 6.07) is 16.7. The van der Waals surface area contributed by atoms with Crippen molar-refractivity contribution in [2.45, 2.75) is 33.4 Å². The third-order valence-electron chi connectivity index (χ3n) is 4.72. The van der Waals surface area contributed by atoms with Crippen molar-refractivity contribution >= 4 is 39.8 Å². The fraction of sp³-hybridized carbons (Fsp3) is 0.250. The Morgan fingerprint density at radius 2 is 1.83 bits per heavy atom. The van der Waals surface area contributed by atoms with Gasteiger partial charge >= 0.3 is 0 Å². The minimum Gasteiger partial charge on any atom is -0.318 e. The number of aromatic nitrogens is 1. The van der Waals surface area contributed by atoms with Gasteiger partial charge in [0.15, 0.2) is 0 Å². The zero-order valence-corrected chi connectivity index (χ0v) is 20.1. The standard InChI is InChI=1S/C24H26BrN3OS/c1-16-8-17(2)10-23(9-16)28-18(3)11-21(19(28)4)13-26-27-24(29)15-30-14-20-6-5-7-22(25)12-20/h5-13H,14-15H2,1-4H3,(H,27,29). The van der Waals surface area contributed by atoms with Gasteiger partial charge in [0, 0.05) is 32.9 Å². The monoisotopic (exact) mass is 483 g/mol. The molecule has 1 amide bonds. The van der Waals surface area contributed by atoms with E-state index in [4.69, 9.17) is 0 Å². The van der Waals surface area contributed by atoms with E-state index in [2.05, 4.69) is 95.1 Å². The Morgan fingerprint density at radius 3 is 2.53 bits per heavy atom. The Hall–Kier alpha value is -2.31. The molecule has 0 bridgehead atoms. The molecule has 0 saturated carbocycles. The molecule has 2 aromatic carbocycles. The Balaban J connectivity index is 1.59. The summed E-state index contributed by atoms with van der Waals surface area (Å²) >= 11 is 5.03. The lowest BCUT2D eigenvalue weighted by atomic mass is 10.1. The largest absolute Gasteiger partial charge is 0.318 e. The fourth-order valence-corrected chi connectivity index (χ4v) is 4.70. The van der Waals surface area contributed by atoms with Gasteiger partial charge in [-0.1, -0.05) is 34.1 Å². The van der Waals surface area contributed by atoms with Crippen molar-refractivity contribution in [3.63, 3.8) is 0 Å². The average molecular weight is 484 g/mol. The van der Waals surface area contributed by atoms with Crippen LogP contribution >= 0.6 is 27.7 Å². The summed E-state index contributed by atoms with van der Waals surface area (Å²) in [6.07, 6.45) is 1.72. The molecule has 1 N–H and O–H groups in total. The highest BCUT2D eigenvalue weighted by Gasteiger charge is 2.10. The molecule has 0 aliphatic rings. The second kappa shape index (κ2) is 10.1. The smallest absolute Gasteiger partial charge is 0.250 e. The number of benzene rings is 2. The molecule has 156 valence electrons. The molecule has 3 rings (SSSR count). The summed E-state index contributed by atoms with van der Waals surface area (Å²) in [5.41, 5.74) is 10.7. The molecule has 0 spiro atoms. The average Bonchev–Trinajstić information content (AvgIpc) is 2.94. The third-order valence-corrected chi connectivity index (χ3v) is 6.22. The summed E-state index contributed by atoms with van der Waals surface area (Å²) in [5.74, 6) is 1.05. The molecular formula is C24H26BrN3OS. The molecular weight excluding hydrogens is 458 g/mol. The highest BCUT2D eigenvalue weighted by Crippen LogP contribution is 2.22. The van der Waals surface area contributed by atoms with Crippen LogP contribution in [0, 0.1) is 27.7 Å². The number of thioether (sulfide) groups is 1. The normalized spacial score (nSPS) is 11.2. The summed E-state index contributed by atoms with van der Waals surface area (Å²) in [7, 11) is 0. The SMILES string of the molecule is Cc1cc(C)cc(-n2c(C)cc(C=NNC(=O)CSCc3cccc(Br)c3)c2C)c1. The summed E-state index contributed by atoms with van der Waals surface area (Å²) in [6.45, 7) is 8.37. The molecule has 0 atom stereocenters. The second-order valence-electron chi connectivity index (χ2n) is 7.42. The fourth-order valence-electron chi connectivity index (χ4n) is 3.49. The zero-order valence-electron chi connectivity index (χ0n) is 17.7. The van der Waals surface area contributed by atoms with E-state index >= 15 is 0 Å². The Morgan fingerprint density at radius 1 is 1.10 bits per heavy atom. The molecule has 0 saturated heterocycles. The number of nitrogens with one attached hydrogen (secondary N) is 1. The molecule has 0 fully saturated rings. The first-order chi connectivity index (χ1) is 14.3. The quantitative estimate of drug-likeness (QED) is 0.338. The van der Waals surface area contributed by atoms with Gasteiger partial charge in [-0.2, -0.15) is 5.10 Å². The van der Waals surface area contributed by atoms with Gasteiger partial charge in [0.2, 0.25) is 5.91 Å². The first kappa shape index (κ1) is 22.4. The lowest BCUT2D eigenvalue weighted by Crippen LogP contribution is -2.19. The van der Waals surface area contributed by atoms with Crippen LogP contribution in [0.5, 0.6) is 0 Å². The van der Waals surface area contributed by atoms with Gasteiger partial charge in [-0.3, -0.25) is 4.79 Å². The van der Waals surface area contributed by atoms with Crippen molar-refractivity contribution in [1.82, 2.24) is 9.99 Å². The molecule has 0 aliphatic carbocycles. The van der Waals surface area contributed by atoms with E-state index in [0.717, 1.165) is 32.9 Å². The lowest BCUT2D eigenvalue weighted by Gasteiger charge is -2.11. The van der Waals surface area contributed by atoms with E-state index in [1.807, 2.05) is 12.1 Å². The van der Waals surface area contributed by atoms with Crippen LogP contribution in [0.1, 0.15) is 33.6 Å². The van der Waals surface area contributed by atoms with Crippen LogP contribution in [0.15, 0.2) is 58.1 Å². The molecule has 4 nitrogen and oxygen atoms in total. The number of hydrogen-bond acceptors (Lipinski definition) is 3. The number of carbonyl (C=O) groups excluding carboxylic acids is 1. The van der Waals surface area contributed by atoms with Gasteiger partial charge in [0.1, 0.15) is 0 Å². The number of aryl methyl sites for hydroxylation is 3. The number of halogens is 1. The van der Waals surface area contributed by atoms with Gasteiger partial charge in [-0.25, -0.2) is 5.43 Å². The molecule has 1 aromatic heterocycles. The molecule has 1 heterocycles. The number of nitrogens with zero attached hydrogens (tertiary/aromatic N) is 2. The summed E-state index contributed by atoms with van der Waals surface area (Å²) in [5, 5.41) is 4.17. The van der Waals surface area contributed by atoms with E-state index in [1.54, 1.807) is 18.0 Å². The first-order valence-corrected chi connectivity index (χ1v) is 11.7. The number of hydrogen-bond donors (Lipinski definition) is 1. The predicted octanol–water partition coefficient (Wildman–Crippen LogP) is 5.86. The third kappa shape index (κ3) is 5.86. The van der Waals surface area contributed by atoms with E-state index in [9.17, 15) is 4.79 Å². The van der Waals surface area contributed by atoms with E-state index in [1.165, 1.54) is 16.7 Å². The van der Waals surface area contributed by atoms with Crippen molar-refractivity contribution in [3.8, 4) is 5.69 Å². The summed E-state index contributed by atoms with van der Waals surface area (Å²) in [4.78, 5) is 12.1. The highest BCUT2D eigenvalue weighted by atomic mass is 79.9. The summed E-state index contributed by atoms with van der Waals surface area (Å²) < 4.78 is 3.27. The van der Waals surface area contributed by atoms with Crippen LogP contribution in [0.4, 0.5) is 0 Å². The van der Waals surface area contributed by atoms with Gasteiger partial charge < -0.3 is 4.57 Å². The van der Waals surface area contributed by atoms with Crippen molar-refractivity contribution in [2.75, 3.05) is 5.75 Å². The van der Waals surface area contributed by atoms with Gasteiger partial charge in [0.25, 0.3) is 0 Å². The van der Waals surface area contributed by atoms with Gasteiger partial charge in [-0.15, -0.1) is 11.8 Å². The van der Waals surface area contributed by atoms with Gasteiger partial charge in [-0.05, 0) is 74.7 Å². The van der Waals surface area contributed by atoms with Crippen LogP contribution in [0.25, 0.3) is 5.69 Å². The van der Waals surface area contributed by atoms with Crippen LogP contribution in [-0.2, 0) is 10.5 Å². The molecule has 30 heavy (non-hydrogen) atoms. The maximum absolute atomic E-state index is 12.1. The Kier molecular flexibility index (Phi) is 7.56. The van der Waals surface area contributed by atoms with Crippen molar-refractivity contribution in [1.29, 1.82) is 0 Å². The van der Waals surface area contributed by atoms with Crippen LogP contribution in [0.3, 0.4) is 0 Å². The van der Waals surface area contributed by atoms with Gasteiger partial charge in [0.05, 0.1) is 12.0 Å². The van der Waals surface area contributed by atoms with E-state index < -0.39 is 0 Å². The minimum atomic E-state index is -0.102. The molecule has 6 heteroatoms. The maximum Gasteiger partial charge on any atom is 0.250 e. The van der Waals surface area contributed by atoms with Crippen LogP contribution in [0.2, 0.25) is 0 Å². The van der Waals surface area contributed by atoms with Crippen molar-refractivity contribution in [3.05, 3.63) is 86.6 Å². The zero-order chi connectivity index (χ0) is 21.7. The van der Waals surface area contributed by atoms with Crippen LogP contribution in [-0.4, -0.2) is 22.4 Å². The van der Waals surface area contributed by atoms with Crippen molar-refractivity contribution in [2.24, 2.45) is 5.10 Å². The second-order valence-corrected chi connectivity index (χ2v) is 9.32. The molecule has 0 unspecified atom stereocenters. The topological polar surface area (TPSA) is 46.4 Å². The Bertz CT molecular complexity index is 1070. The lowest BCUT2D eigenvalue weighted by molar-refractivity contribution is -0.118.